The Morgan fingerprint density at radius 1 is 0.868 bits per heavy atom. The van der Waals surface area contributed by atoms with Gasteiger partial charge in [0.15, 0.2) is 17.3 Å². The lowest BCUT2D eigenvalue weighted by Crippen LogP contribution is -2.19. The van der Waals surface area contributed by atoms with E-state index in [1.54, 1.807) is 0 Å². The number of primary amides is 1. The fraction of sp³-hybridized carbons (Fsp3) is 0.130. The largest absolute Gasteiger partial charge is 0.573 e. The zero-order valence-electron chi connectivity index (χ0n) is 18.8. The van der Waals surface area contributed by atoms with E-state index >= 15 is 0 Å². The molecule has 7 nitrogen and oxygen atoms in total. The lowest BCUT2D eigenvalue weighted by molar-refractivity contribution is -0.275. The van der Waals surface area contributed by atoms with E-state index in [4.69, 9.17) is 15.2 Å². The highest BCUT2D eigenvalue weighted by molar-refractivity contribution is 6.07. The van der Waals surface area contributed by atoms with Crippen LogP contribution in [-0.4, -0.2) is 25.3 Å². The minimum atomic E-state index is -5.23. The lowest BCUT2D eigenvalue weighted by Gasteiger charge is -2.17. The van der Waals surface area contributed by atoms with Crippen LogP contribution in [0.3, 0.4) is 0 Å². The van der Waals surface area contributed by atoms with E-state index in [0.717, 1.165) is 43.5 Å². The van der Waals surface area contributed by atoms with Crippen molar-refractivity contribution in [3.8, 4) is 23.0 Å². The van der Waals surface area contributed by atoms with Crippen LogP contribution < -0.4 is 25.3 Å². The molecular weight excluding hydrogens is 536 g/mol. The summed E-state index contributed by atoms with van der Waals surface area (Å²) >= 11 is 0. The number of amides is 2. The number of ether oxygens (including phenoxy) is 3. The van der Waals surface area contributed by atoms with Crippen LogP contribution in [0.15, 0.2) is 48.5 Å². The molecule has 3 rings (SSSR count). The van der Waals surface area contributed by atoms with Gasteiger partial charge in [0, 0.05) is 11.8 Å². The van der Waals surface area contributed by atoms with Crippen molar-refractivity contribution in [2.75, 3.05) is 12.4 Å². The number of nitrogens with one attached hydrogen (secondary N) is 1. The summed E-state index contributed by atoms with van der Waals surface area (Å²) in [5, 5.41) is 2.01. The number of hydrogen-bond acceptors (Lipinski definition) is 5. The number of alkyl halides is 6. The van der Waals surface area contributed by atoms with Crippen molar-refractivity contribution in [3.05, 3.63) is 76.9 Å². The minimum absolute atomic E-state index is 0.281. The van der Waals surface area contributed by atoms with Gasteiger partial charge in [0.2, 0.25) is 0 Å². The van der Waals surface area contributed by atoms with E-state index in [0.29, 0.717) is 6.07 Å². The number of benzene rings is 3. The Bertz CT molecular complexity index is 1390. The molecule has 38 heavy (non-hydrogen) atoms. The number of anilines is 1. The number of nitrogens with two attached hydrogens (primary N) is 1. The van der Waals surface area contributed by atoms with Crippen LogP contribution in [0, 0.1) is 11.6 Å². The van der Waals surface area contributed by atoms with Crippen molar-refractivity contribution in [3.63, 3.8) is 0 Å². The average Bonchev–Trinajstić information content (AvgIpc) is 2.79. The molecule has 3 N–H and O–H groups in total. The molecule has 0 spiro atoms. The van der Waals surface area contributed by atoms with E-state index in [1.807, 2.05) is 5.32 Å². The van der Waals surface area contributed by atoms with Crippen LogP contribution >= 0.6 is 0 Å². The molecule has 0 bridgehead atoms. The lowest BCUT2D eigenvalue weighted by atomic mass is 10.1. The number of halogens is 8. The van der Waals surface area contributed by atoms with Crippen LogP contribution in [0.1, 0.15) is 26.3 Å². The highest BCUT2D eigenvalue weighted by Crippen LogP contribution is 2.40. The van der Waals surface area contributed by atoms with Gasteiger partial charge in [0.05, 0.1) is 18.2 Å². The first-order valence-electron chi connectivity index (χ1n) is 10.0. The van der Waals surface area contributed by atoms with Crippen LogP contribution in [0.4, 0.5) is 40.8 Å². The molecule has 0 aliphatic heterocycles. The third kappa shape index (κ3) is 6.41. The molecule has 0 saturated carbocycles. The summed E-state index contributed by atoms with van der Waals surface area (Å²) in [4.78, 5) is 24.2. The first-order valence-corrected chi connectivity index (χ1v) is 10.0. The van der Waals surface area contributed by atoms with Crippen molar-refractivity contribution in [2.24, 2.45) is 5.73 Å². The Labute approximate surface area is 207 Å². The second-order valence-electron chi connectivity index (χ2n) is 7.27. The van der Waals surface area contributed by atoms with Gasteiger partial charge in [0.25, 0.3) is 11.8 Å². The Balaban J connectivity index is 2.05. The van der Waals surface area contributed by atoms with Gasteiger partial charge >= 0.3 is 12.5 Å². The average molecular weight is 550 g/mol. The van der Waals surface area contributed by atoms with Crippen LogP contribution in [0.25, 0.3) is 0 Å². The van der Waals surface area contributed by atoms with Gasteiger partial charge in [-0.3, -0.25) is 9.59 Å². The maximum absolute atomic E-state index is 15.0. The molecule has 0 unspecified atom stereocenters. The fourth-order valence-electron chi connectivity index (χ4n) is 3.11. The molecule has 0 fully saturated rings. The summed E-state index contributed by atoms with van der Waals surface area (Å²) in [5.41, 5.74) is 0.918. The van der Waals surface area contributed by atoms with Crippen molar-refractivity contribution in [1.82, 2.24) is 0 Å². The molecule has 0 saturated heterocycles. The van der Waals surface area contributed by atoms with E-state index in [-0.39, 0.29) is 17.5 Å². The van der Waals surface area contributed by atoms with Crippen molar-refractivity contribution < 1.29 is 58.9 Å². The van der Waals surface area contributed by atoms with Crippen LogP contribution in [-0.2, 0) is 6.18 Å². The van der Waals surface area contributed by atoms with Gasteiger partial charge in [-0.25, -0.2) is 8.78 Å². The molecule has 0 aromatic heterocycles. The predicted molar refractivity (Wildman–Crippen MR) is 114 cm³/mol. The molecule has 0 atom stereocenters. The predicted octanol–water partition coefficient (Wildman–Crippen LogP) is 6.03. The van der Waals surface area contributed by atoms with E-state index in [9.17, 15) is 44.7 Å². The van der Waals surface area contributed by atoms with Gasteiger partial charge < -0.3 is 25.3 Å². The number of hydrogen-bond donors (Lipinski definition) is 2. The van der Waals surface area contributed by atoms with E-state index < -0.39 is 69.9 Å². The SMILES string of the molecule is COc1cc(Oc2ccc(C(F)(F)F)c(F)c2C(=O)Nc2ccc(F)c(C(N)=O)c2)ccc1OC(F)(F)F. The molecule has 3 aromatic rings. The summed E-state index contributed by atoms with van der Waals surface area (Å²) in [6, 6.07) is 5.80. The summed E-state index contributed by atoms with van der Waals surface area (Å²) in [6.07, 6.45) is -10.3. The highest BCUT2D eigenvalue weighted by Gasteiger charge is 2.38. The van der Waals surface area contributed by atoms with Gasteiger partial charge in [0.1, 0.15) is 22.9 Å². The van der Waals surface area contributed by atoms with E-state index in [1.165, 1.54) is 0 Å². The number of carbonyl (C=O) groups excluding carboxylic acids is 2. The zero-order chi connectivity index (χ0) is 28.4. The summed E-state index contributed by atoms with van der Waals surface area (Å²) in [6.45, 7) is 0. The Morgan fingerprint density at radius 2 is 1.53 bits per heavy atom. The fourth-order valence-corrected chi connectivity index (χ4v) is 3.11. The van der Waals surface area contributed by atoms with Crippen LogP contribution in [0.2, 0.25) is 0 Å². The van der Waals surface area contributed by atoms with Crippen molar-refractivity contribution in [2.45, 2.75) is 12.5 Å². The van der Waals surface area contributed by atoms with Gasteiger partial charge in [-0.2, -0.15) is 13.2 Å². The maximum atomic E-state index is 15.0. The number of methoxy groups -OCH3 is 1. The normalized spacial score (nSPS) is 11.6. The van der Waals surface area contributed by atoms with Crippen LogP contribution in [0.5, 0.6) is 23.0 Å². The molecule has 0 heterocycles. The topological polar surface area (TPSA) is 99.9 Å². The Kier molecular flexibility index (Phi) is 7.69. The maximum Gasteiger partial charge on any atom is 0.573 e. The second-order valence-corrected chi connectivity index (χ2v) is 7.27. The first kappa shape index (κ1) is 28.0. The number of rotatable bonds is 7. The Hall–Kier alpha value is -4.56. The molecular formula is C23H14F8N2O5. The monoisotopic (exact) mass is 550 g/mol. The molecule has 0 aliphatic carbocycles. The summed E-state index contributed by atoms with van der Waals surface area (Å²) < 4.78 is 120. The van der Waals surface area contributed by atoms with E-state index in [2.05, 4.69) is 4.74 Å². The molecule has 2 amide bonds. The Morgan fingerprint density at radius 3 is 2.11 bits per heavy atom. The third-order valence-electron chi connectivity index (χ3n) is 4.71. The molecule has 15 heteroatoms. The van der Waals surface area contributed by atoms with Gasteiger partial charge in [-0.1, -0.05) is 0 Å². The standard InChI is InChI=1S/C23H14F8N2O5/c1-36-17-9-11(3-6-15(17)38-23(29,30)31)37-16-7-4-13(22(26,27)28)19(25)18(16)21(35)33-10-2-5-14(24)12(8-10)20(32)34/h2-9H,1H3,(H2,32,34)(H,33,35). The van der Waals surface area contributed by atoms with Gasteiger partial charge in [-0.15, -0.1) is 13.2 Å². The molecule has 0 radical (unpaired) electrons. The molecule has 3 aromatic carbocycles. The van der Waals surface area contributed by atoms with Crippen molar-refractivity contribution in [1.29, 1.82) is 0 Å². The molecule has 0 aliphatic rings. The highest BCUT2D eigenvalue weighted by atomic mass is 19.4. The quantitative estimate of drug-likeness (QED) is 0.350. The third-order valence-corrected chi connectivity index (χ3v) is 4.71. The zero-order valence-corrected chi connectivity index (χ0v) is 18.8. The molecule has 202 valence electrons. The van der Waals surface area contributed by atoms with Crippen molar-refractivity contribution >= 4 is 17.5 Å². The summed E-state index contributed by atoms with van der Waals surface area (Å²) in [7, 11) is 0.988. The number of carbonyl (C=O) groups is 2. The minimum Gasteiger partial charge on any atom is -0.493 e. The second kappa shape index (κ2) is 10.4. The smallest absolute Gasteiger partial charge is 0.493 e. The summed E-state index contributed by atoms with van der Waals surface area (Å²) in [5.74, 6) is -8.28. The first-order chi connectivity index (χ1) is 17.6. The van der Waals surface area contributed by atoms with Gasteiger partial charge in [-0.05, 0) is 42.5 Å².